The number of amides is 1. The predicted octanol–water partition coefficient (Wildman–Crippen LogP) is 0.785. The fourth-order valence-electron chi connectivity index (χ4n) is 1.67. The van der Waals surface area contributed by atoms with Gasteiger partial charge in [-0.05, 0) is 12.1 Å². The lowest BCUT2D eigenvalue weighted by Gasteiger charge is -2.01. The van der Waals surface area contributed by atoms with Crippen molar-refractivity contribution in [2.45, 2.75) is 0 Å². The molecule has 0 saturated carbocycles. The van der Waals surface area contributed by atoms with Gasteiger partial charge >= 0.3 is 0 Å². The molecule has 112 valence electrons. The number of rotatable bonds is 2. The normalized spacial score (nSPS) is 9.64. The summed E-state index contributed by atoms with van der Waals surface area (Å²) in [4.78, 5) is 34.2. The van der Waals surface area contributed by atoms with E-state index in [1.807, 2.05) is 18.2 Å². The van der Waals surface area contributed by atoms with Gasteiger partial charge in [-0.25, -0.2) is 4.98 Å². The van der Waals surface area contributed by atoms with E-state index in [-0.39, 0.29) is 5.91 Å². The highest BCUT2D eigenvalue weighted by molar-refractivity contribution is 6.06. The van der Waals surface area contributed by atoms with Gasteiger partial charge in [0, 0.05) is 5.56 Å². The SMILES string of the molecule is O=C(Nc1nc[nH+]c2nc[nH]c12)c1ccccc1.O=[N+]([O-])[O-]. The Morgan fingerprint density at radius 3 is 2.59 bits per heavy atom. The van der Waals surface area contributed by atoms with E-state index in [1.165, 1.54) is 6.33 Å². The molecule has 0 aliphatic heterocycles. The summed E-state index contributed by atoms with van der Waals surface area (Å²) in [5.41, 5.74) is 1.90. The third kappa shape index (κ3) is 3.72. The number of carbonyl (C=O) groups excluding carboxylic acids is 1. The Bertz CT molecular complexity index is 784. The van der Waals surface area contributed by atoms with E-state index in [0.29, 0.717) is 22.5 Å². The summed E-state index contributed by atoms with van der Waals surface area (Å²) < 4.78 is 0. The lowest BCUT2D eigenvalue weighted by atomic mass is 10.2. The van der Waals surface area contributed by atoms with Crippen LogP contribution in [0.5, 0.6) is 0 Å². The van der Waals surface area contributed by atoms with E-state index in [0.717, 1.165) is 0 Å². The maximum atomic E-state index is 12.0. The Balaban J connectivity index is 0.000000396. The zero-order valence-electron chi connectivity index (χ0n) is 11.0. The predicted molar refractivity (Wildman–Crippen MR) is 75.2 cm³/mol. The number of anilines is 1. The van der Waals surface area contributed by atoms with Crippen molar-refractivity contribution in [3.63, 3.8) is 0 Å². The number of aromatic nitrogens is 4. The second-order valence-electron chi connectivity index (χ2n) is 3.92. The lowest BCUT2D eigenvalue weighted by molar-refractivity contribution is -0.402. The molecule has 0 fully saturated rings. The lowest BCUT2D eigenvalue weighted by Crippen LogP contribution is -2.15. The molecule has 0 atom stereocenters. The van der Waals surface area contributed by atoms with Crippen LogP contribution in [0.4, 0.5) is 5.82 Å². The van der Waals surface area contributed by atoms with Crippen molar-refractivity contribution in [2.24, 2.45) is 0 Å². The summed E-state index contributed by atoms with van der Waals surface area (Å²) >= 11 is 0. The van der Waals surface area contributed by atoms with E-state index in [2.05, 4.69) is 25.3 Å². The summed E-state index contributed by atoms with van der Waals surface area (Å²) in [7, 11) is 0. The fourth-order valence-corrected chi connectivity index (χ4v) is 1.67. The van der Waals surface area contributed by atoms with Gasteiger partial charge in [0.25, 0.3) is 11.6 Å². The van der Waals surface area contributed by atoms with Crippen LogP contribution in [0.2, 0.25) is 0 Å². The van der Waals surface area contributed by atoms with E-state index < -0.39 is 5.09 Å². The van der Waals surface area contributed by atoms with E-state index in [9.17, 15) is 4.79 Å². The molecule has 0 aliphatic rings. The minimum atomic E-state index is -1.75. The van der Waals surface area contributed by atoms with E-state index >= 15 is 0 Å². The Morgan fingerprint density at radius 1 is 1.23 bits per heavy atom. The molecule has 3 N–H and O–H groups in total. The Morgan fingerprint density at radius 2 is 1.91 bits per heavy atom. The first kappa shape index (κ1) is 14.8. The number of nitrogens with one attached hydrogen (secondary N) is 3. The van der Waals surface area contributed by atoms with Gasteiger partial charge in [-0.3, -0.25) is 10.1 Å². The topological polar surface area (TPSA) is 151 Å². The van der Waals surface area contributed by atoms with Crippen LogP contribution in [0.25, 0.3) is 11.2 Å². The summed E-state index contributed by atoms with van der Waals surface area (Å²) in [6, 6.07) is 8.97. The van der Waals surface area contributed by atoms with Crippen molar-refractivity contribution in [1.82, 2.24) is 15.0 Å². The average Bonchev–Trinajstić information content (AvgIpc) is 2.97. The summed E-state index contributed by atoms with van der Waals surface area (Å²) in [5.74, 6) is 0.250. The minimum absolute atomic E-state index is 0.204. The number of hydrogen-bond donors (Lipinski definition) is 2. The zero-order chi connectivity index (χ0) is 15.9. The molecule has 0 saturated heterocycles. The Labute approximate surface area is 123 Å². The largest absolute Gasteiger partial charge is 0.356 e. The van der Waals surface area contributed by atoms with Crippen molar-refractivity contribution in [3.8, 4) is 0 Å². The molecule has 3 aromatic rings. The molecule has 10 heteroatoms. The summed E-state index contributed by atoms with van der Waals surface area (Å²) in [5, 5.41) is 17.5. The first-order valence-electron chi connectivity index (χ1n) is 5.95. The zero-order valence-corrected chi connectivity index (χ0v) is 11.0. The molecule has 0 spiro atoms. The summed E-state index contributed by atoms with van der Waals surface area (Å²) in [6.45, 7) is 0. The fraction of sp³-hybridized carbons (Fsp3) is 0. The molecule has 0 unspecified atom stereocenters. The molecular weight excluding hydrogens is 292 g/mol. The number of imidazole rings is 1. The molecule has 10 nitrogen and oxygen atoms in total. The van der Waals surface area contributed by atoms with Crippen LogP contribution in [-0.2, 0) is 0 Å². The highest BCUT2D eigenvalue weighted by Gasteiger charge is 2.14. The molecule has 0 radical (unpaired) electrons. The number of fused-ring (bicyclic) bond motifs is 1. The molecule has 0 bridgehead atoms. The number of nitrogens with zero attached hydrogens (tertiary/aromatic N) is 3. The maximum Gasteiger partial charge on any atom is 0.291 e. The number of H-pyrrole nitrogens is 2. The van der Waals surface area contributed by atoms with E-state index in [4.69, 9.17) is 15.3 Å². The van der Waals surface area contributed by atoms with E-state index in [1.54, 1.807) is 18.5 Å². The number of carbonyl (C=O) groups is 1. The van der Waals surface area contributed by atoms with Crippen LogP contribution < -0.4 is 10.3 Å². The molecule has 1 aromatic carbocycles. The van der Waals surface area contributed by atoms with Crippen LogP contribution in [0.15, 0.2) is 43.0 Å². The summed E-state index contributed by atoms with van der Waals surface area (Å²) in [6.07, 6.45) is 3.03. The van der Waals surface area contributed by atoms with Crippen LogP contribution in [0.1, 0.15) is 10.4 Å². The molecule has 2 aromatic heterocycles. The van der Waals surface area contributed by atoms with Crippen LogP contribution in [0, 0.1) is 15.3 Å². The standard InChI is InChI=1S/C12H9N5O.NO3/c18-12(8-4-2-1-3-5-8)17-11-9-10(14-6-13-9)15-7-16-11;2-1(3)4/h1-7H,(H2,13,14,15,16,17,18);/q;-1/p+1. The monoisotopic (exact) mass is 302 g/mol. The van der Waals surface area contributed by atoms with Gasteiger partial charge in [-0.15, -0.1) is 0 Å². The van der Waals surface area contributed by atoms with Gasteiger partial charge in [0.1, 0.15) is 0 Å². The molecule has 2 heterocycles. The van der Waals surface area contributed by atoms with Gasteiger partial charge in [-0.2, -0.15) is 0 Å². The van der Waals surface area contributed by atoms with Crippen LogP contribution in [0.3, 0.4) is 0 Å². The number of aromatic amines is 2. The van der Waals surface area contributed by atoms with Crippen molar-refractivity contribution in [2.75, 3.05) is 5.32 Å². The average molecular weight is 302 g/mol. The Hall–Kier alpha value is -3.56. The smallest absolute Gasteiger partial charge is 0.291 e. The van der Waals surface area contributed by atoms with Crippen molar-refractivity contribution in [3.05, 3.63) is 63.9 Å². The second kappa shape index (κ2) is 6.74. The first-order valence-corrected chi connectivity index (χ1v) is 5.95. The van der Waals surface area contributed by atoms with Crippen molar-refractivity contribution >= 4 is 22.9 Å². The molecule has 1 amide bonds. The quantitative estimate of drug-likeness (QED) is 0.527. The van der Waals surface area contributed by atoms with Crippen molar-refractivity contribution in [1.29, 1.82) is 0 Å². The van der Waals surface area contributed by atoms with Gasteiger partial charge in [0.2, 0.25) is 12.1 Å². The number of benzene rings is 1. The highest BCUT2D eigenvalue weighted by atomic mass is 16.9. The van der Waals surface area contributed by atoms with Crippen molar-refractivity contribution < 1.29 is 14.9 Å². The van der Waals surface area contributed by atoms with Crippen LogP contribution >= 0.6 is 0 Å². The molecule has 0 aliphatic carbocycles. The highest BCUT2D eigenvalue weighted by Crippen LogP contribution is 2.13. The first-order chi connectivity index (χ1) is 10.6. The third-order valence-electron chi connectivity index (χ3n) is 2.54. The van der Waals surface area contributed by atoms with Gasteiger partial charge in [0.15, 0.2) is 11.8 Å². The third-order valence-corrected chi connectivity index (χ3v) is 2.54. The number of hydrogen-bond acceptors (Lipinski definition) is 6. The van der Waals surface area contributed by atoms with Crippen LogP contribution in [-0.4, -0.2) is 25.9 Å². The molecular formula is C12H10N6O4. The second-order valence-corrected chi connectivity index (χ2v) is 3.92. The van der Waals surface area contributed by atoms with Gasteiger partial charge in [-0.1, -0.05) is 28.2 Å². The van der Waals surface area contributed by atoms with Gasteiger partial charge in [0.05, 0.1) is 5.09 Å². The molecule has 22 heavy (non-hydrogen) atoms. The minimum Gasteiger partial charge on any atom is -0.356 e. The Kier molecular flexibility index (Phi) is 4.55. The maximum absolute atomic E-state index is 12.0. The van der Waals surface area contributed by atoms with Gasteiger partial charge < -0.3 is 20.3 Å². The molecule has 3 rings (SSSR count).